The van der Waals surface area contributed by atoms with Gasteiger partial charge in [-0.25, -0.2) is 12.8 Å². The third-order valence-corrected chi connectivity index (χ3v) is 4.32. The molecule has 20 heavy (non-hydrogen) atoms. The summed E-state index contributed by atoms with van der Waals surface area (Å²) in [7, 11) is -4.33. The van der Waals surface area contributed by atoms with Gasteiger partial charge in [0.1, 0.15) is 10.9 Å². The van der Waals surface area contributed by atoms with Crippen molar-refractivity contribution in [3.05, 3.63) is 29.0 Å². The minimum atomic E-state index is -4.33. The third-order valence-electron chi connectivity index (χ3n) is 2.59. The van der Waals surface area contributed by atoms with Crippen molar-refractivity contribution in [2.24, 2.45) is 5.41 Å². The van der Waals surface area contributed by atoms with E-state index in [0.717, 1.165) is 6.07 Å². The second-order valence-corrected chi connectivity index (χ2v) is 7.40. The van der Waals surface area contributed by atoms with Crippen LogP contribution in [0.15, 0.2) is 23.1 Å². The summed E-state index contributed by atoms with van der Waals surface area (Å²) in [6, 6.07) is 2.10. The first-order valence-corrected chi connectivity index (χ1v) is 7.52. The average Bonchev–Trinajstić information content (AvgIpc) is 2.27. The van der Waals surface area contributed by atoms with Crippen molar-refractivity contribution >= 4 is 27.6 Å². The Labute approximate surface area is 121 Å². The van der Waals surface area contributed by atoms with Gasteiger partial charge in [0.15, 0.2) is 5.82 Å². The van der Waals surface area contributed by atoms with E-state index in [-0.39, 0.29) is 5.02 Å². The average molecular weight is 324 g/mol. The molecule has 0 aromatic heterocycles. The molecule has 0 aliphatic heterocycles. The summed E-state index contributed by atoms with van der Waals surface area (Å²) in [5.74, 6) is -2.46. The van der Waals surface area contributed by atoms with E-state index in [1.807, 2.05) is 4.72 Å². The minimum Gasteiger partial charge on any atom is -0.480 e. The number of carboxylic acids is 1. The molecule has 112 valence electrons. The number of nitrogens with one attached hydrogen (secondary N) is 1. The summed E-state index contributed by atoms with van der Waals surface area (Å²) >= 11 is 5.53. The molecule has 2 N–H and O–H groups in total. The maximum Gasteiger partial charge on any atom is 0.322 e. The quantitative estimate of drug-likeness (QED) is 0.890. The van der Waals surface area contributed by atoms with Crippen LogP contribution in [0.3, 0.4) is 0 Å². The van der Waals surface area contributed by atoms with Gasteiger partial charge in [-0.1, -0.05) is 38.4 Å². The molecule has 5 nitrogen and oxygen atoms in total. The van der Waals surface area contributed by atoms with E-state index < -0.39 is 38.2 Å². The fourth-order valence-electron chi connectivity index (χ4n) is 1.51. The van der Waals surface area contributed by atoms with Crippen LogP contribution in [0.1, 0.15) is 20.8 Å². The summed E-state index contributed by atoms with van der Waals surface area (Å²) in [4.78, 5) is 10.5. The molecule has 1 rings (SSSR count). The topological polar surface area (TPSA) is 83.5 Å². The van der Waals surface area contributed by atoms with Gasteiger partial charge in [-0.05, 0) is 17.5 Å². The lowest BCUT2D eigenvalue weighted by molar-refractivity contribution is -0.141. The number of aliphatic carboxylic acids is 1. The Balaban J connectivity index is 3.24. The van der Waals surface area contributed by atoms with Crippen molar-refractivity contribution in [3.63, 3.8) is 0 Å². The number of sulfonamides is 1. The maximum atomic E-state index is 13.7. The molecule has 8 heteroatoms. The zero-order chi connectivity index (χ0) is 15.7. The zero-order valence-electron chi connectivity index (χ0n) is 11.1. The molecule has 0 fully saturated rings. The van der Waals surface area contributed by atoms with Crippen LogP contribution in [-0.2, 0) is 14.8 Å². The number of benzene rings is 1. The van der Waals surface area contributed by atoms with Crippen LogP contribution in [0.4, 0.5) is 4.39 Å². The summed E-state index contributed by atoms with van der Waals surface area (Å²) in [5, 5.41) is 8.74. The molecule has 0 bridgehead atoms. The second-order valence-electron chi connectivity index (χ2n) is 5.31. The van der Waals surface area contributed by atoms with E-state index in [1.54, 1.807) is 20.8 Å². The van der Waals surface area contributed by atoms with Gasteiger partial charge in [-0.15, -0.1) is 0 Å². The van der Waals surface area contributed by atoms with Gasteiger partial charge in [0.2, 0.25) is 10.0 Å². The number of hydrogen-bond donors (Lipinski definition) is 2. The molecule has 0 saturated carbocycles. The molecular formula is C12H15ClFNO4S. The highest BCUT2D eigenvalue weighted by Gasteiger charge is 2.36. The Morgan fingerprint density at radius 3 is 2.40 bits per heavy atom. The second kappa shape index (κ2) is 5.67. The van der Waals surface area contributed by atoms with Gasteiger partial charge in [0.25, 0.3) is 0 Å². The molecular weight excluding hydrogens is 309 g/mol. The molecule has 0 radical (unpaired) electrons. The van der Waals surface area contributed by atoms with E-state index >= 15 is 0 Å². The van der Waals surface area contributed by atoms with Crippen LogP contribution in [0.5, 0.6) is 0 Å². The van der Waals surface area contributed by atoms with E-state index in [2.05, 4.69) is 0 Å². The highest BCUT2D eigenvalue weighted by Crippen LogP contribution is 2.25. The lowest BCUT2D eigenvalue weighted by Crippen LogP contribution is -2.49. The molecule has 1 aromatic carbocycles. The Hall–Kier alpha value is -1.18. The van der Waals surface area contributed by atoms with Crippen LogP contribution in [0.2, 0.25) is 5.02 Å². The molecule has 0 aliphatic rings. The van der Waals surface area contributed by atoms with E-state index in [1.165, 1.54) is 12.1 Å². The van der Waals surface area contributed by atoms with Crippen molar-refractivity contribution < 1.29 is 22.7 Å². The summed E-state index contributed by atoms with van der Waals surface area (Å²) in [6.07, 6.45) is 0. The first kappa shape index (κ1) is 16.9. The third kappa shape index (κ3) is 3.68. The molecule has 1 atom stereocenters. The lowest BCUT2D eigenvalue weighted by Gasteiger charge is -2.27. The highest BCUT2D eigenvalue weighted by atomic mass is 35.5. The molecule has 0 heterocycles. The lowest BCUT2D eigenvalue weighted by atomic mass is 9.88. The summed E-state index contributed by atoms with van der Waals surface area (Å²) in [5.41, 5.74) is -0.881. The number of rotatable bonds is 4. The van der Waals surface area contributed by atoms with Crippen molar-refractivity contribution in [1.82, 2.24) is 4.72 Å². The molecule has 0 unspecified atom stereocenters. The van der Waals surface area contributed by atoms with Gasteiger partial charge < -0.3 is 5.11 Å². The molecule has 0 saturated heterocycles. The van der Waals surface area contributed by atoms with Crippen LogP contribution in [0, 0.1) is 11.2 Å². The standard InChI is InChI=1S/C12H15ClFNO4S/c1-12(2,3)10(11(16)17)15-20(18,19)8-6-4-5-7(13)9(8)14/h4-6,10,15H,1-3H3,(H,16,17)/t10-/m1/s1. The Morgan fingerprint density at radius 1 is 1.40 bits per heavy atom. The summed E-state index contributed by atoms with van der Waals surface area (Å²) in [6.45, 7) is 4.67. The van der Waals surface area contributed by atoms with Gasteiger partial charge in [-0.2, -0.15) is 4.72 Å². The monoisotopic (exact) mass is 323 g/mol. The Kier molecular flexibility index (Phi) is 4.78. The minimum absolute atomic E-state index is 0.351. The smallest absolute Gasteiger partial charge is 0.322 e. The fourth-order valence-corrected chi connectivity index (χ4v) is 3.23. The van der Waals surface area contributed by atoms with Gasteiger partial charge >= 0.3 is 5.97 Å². The molecule has 0 amide bonds. The normalized spacial score (nSPS) is 14.1. The summed E-state index contributed by atoms with van der Waals surface area (Å²) < 4.78 is 39.9. The van der Waals surface area contributed by atoms with Crippen LogP contribution < -0.4 is 4.72 Å². The SMILES string of the molecule is CC(C)(C)[C@H](NS(=O)(=O)c1cccc(Cl)c1F)C(=O)O. The van der Waals surface area contributed by atoms with E-state index in [4.69, 9.17) is 16.7 Å². The Bertz CT molecular complexity index is 625. The number of carbonyl (C=O) groups is 1. The number of carboxylic acid groups (broad SMARTS) is 1. The maximum absolute atomic E-state index is 13.7. The van der Waals surface area contributed by atoms with Crippen LogP contribution in [-0.4, -0.2) is 25.5 Å². The molecule has 1 aromatic rings. The first-order chi connectivity index (χ1) is 8.97. The van der Waals surface area contributed by atoms with Crippen molar-refractivity contribution in [3.8, 4) is 0 Å². The molecule has 0 aliphatic carbocycles. The van der Waals surface area contributed by atoms with Crippen LogP contribution >= 0.6 is 11.6 Å². The van der Waals surface area contributed by atoms with Crippen LogP contribution in [0.25, 0.3) is 0 Å². The van der Waals surface area contributed by atoms with Crippen molar-refractivity contribution in [2.75, 3.05) is 0 Å². The number of hydrogen-bond acceptors (Lipinski definition) is 3. The van der Waals surface area contributed by atoms with E-state index in [0.29, 0.717) is 0 Å². The first-order valence-electron chi connectivity index (χ1n) is 5.66. The fraction of sp³-hybridized carbons (Fsp3) is 0.417. The van der Waals surface area contributed by atoms with Crippen molar-refractivity contribution in [1.29, 1.82) is 0 Å². The zero-order valence-corrected chi connectivity index (χ0v) is 12.7. The predicted octanol–water partition coefficient (Wildman–Crippen LogP) is 2.26. The number of halogens is 2. The van der Waals surface area contributed by atoms with Crippen molar-refractivity contribution in [2.45, 2.75) is 31.7 Å². The Morgan fingerprint density at radius 2 is 1.95 bits per heavy atom. The van der Waals surface area contributed by atoms with E-state index in [9.17, 15) is 17.6 Å². The highest BCUT2D eigenvalue weighted by molar-refractivity contribution is 7.89. The largest absolute Gasteiger partial charge is 0.480 e. The molecule has 0 spiro atoms. The predicted molar refractivity (Wildman–Crippen MR) is 72.6 cm³/mol. The van der Waals surface area contributed by atoms with Gasteiger partial charge in [0, 0.05) is 0 Å². The van der Waals surface area contributed by atoms with Gasteiger partial charge in [0.05, 0.1) is 5.02 Å². The van der Waals surface area contributed by atoms with Gasteiger partial charge in [-0.3, -0.25) is 4.79 Å².